The lowest BCUT2D eigenvalue weighted by Crippen LogP contribution is -2.42. The number of rotatable bonds is 9. The van der Waals surface area contributed by atoms with Crippen molar-refractivity contribution in [3.8, 4) is 17.5 Å². The Hall–Kier alpha value is -3.02. The minimum Gasteiger partial charge on any atom is -0.462 e. The van der Waals surface area contributed by atoms with Crippen molar-refractivity contribution in [1.82, 2.24) is 14.9 Å². The molecule has 2 aromatic rings. The molecule has 1 aromatic heterocycles. The van der Waals surface area contributed by atoms with E-state index in [1.54, 1.807) is 6.92 Å². The molecule has 0 bridgehead atoms. The lowest BCUT2D eigenvalue weighted by Gasteiger charge is -2.31. The summed E-state index contributed by atoms with van der Waals surface area (Å²) in [6, 6.07) is 11.8. The molecular formula is C22H27N5O3. The maximum atomic E-state index is 12.6. The number of nitriles is 1. The number of hydrogen-bond donors (Lipinski definition) is 0. The number of ether oxygens (including phenoxy) is 2. The largest absolute Gasteiger partial charge is 0.462 e. The van der Waals surface area contributed by atoms with Crippen molar-refractivity contribution in [2.75, 3.05) is 57.4 Å². The zero-order valence-electron chi connectivity index (χ0n) is 17.3. The van der Waals surface area contributed by atoms with Crippen molar-refractivity contribution in [1.29, 1.82) is 5.26 Å². The van der Waals surface area contributed by atoms with Gasteiger partial charge in [-0.25, -0.2) is 14.8 Å². The van der Waals surface area contributed by atoms with Gasteiger partial charge in [0.25, 0.3) is 0 Å². The maximum absolute atomic E-state index is 12.6. The fraction of sp³-hybridized carbons (Fsp3) is 0.455. The van der Waals surface area contributed by atoms with E-state index in [1.807, 2.05) is 35.2 Å². The van der Waals surface area contributed by atoms with E-state index in [9.17, 15) is 4.79 Å². The lowest BCUT2D eigenvalue weighted by molar-refractivity contribution is 0.0391. The number of benzene rings is 1. The second-order valence-corrected chi connectivity index (χ2v) is 6.87. The van der Waals surface area contributed by atoms with Crippen molar-refractivity contribution in [3.63, 3.8) is 0 Å². The van der Waals surface area contributed by atoms with Crippen LogP contribution in [0.4, 0.5) is 5.82 Å². The highest BCUT2D eigenvalue weighted by atomic mass is 16.5. The Kier molecular flexibility index (Phi) is 8.12. The van der Waals surface area contributed by atoms with Gasteiger partial charge in [0.05, 0.1) is 32.3 Å². The van der Waals surface area contributed by atoms with Crippen LogP contribution >= 0.6 is 0 Å². The van der Waals surface area contributed by atoms with Gasteiger partial charge < -0.3 is 14.4 Å². The molecule has 0 unspecified atom stereocenters. The van der Waals surface area contributed by atoms with Crippen LogP contribution in [-0.2, 0) is 9.47 Å². The van der Waals surface area contributed by atoms with Gasteiger partial charge in [-0.3, -0.25) is 4.90 Å². The zero-order valence-corrected chi connectivity index (χ0v) is 17.3. The van der Waals surface area contributed by atoms with E-state index in [0.717, 1.165) is 38.4 Å². The normalized spacial score (nSPS) is 14.1. The summed E-state index contributed by atoms with van der Waals surface area (Å²) in [5, 5.41) is 9.15. The van der Waals surface area contributed by atoms with Crippen LogP contribution in [0.2, 0.25) is 0 Å². The summed E-state index contributed by atoms with van der Waals surface area (Å²) in [4.78, 5) is 26.0. The monoisotopic (exact) mass is 409 g/mol. The summed E-state index contributed by atoms with van der Waals surface area (Å²) >= 11 is 0. The minimum absolute atomic E-state index is 0.269. The average Bonchev–Trinajstić information content (AvgIpc) is 2.80. The SMILES string of the molecule is CCOC(=O)c1cnc(-c2ccccc2)nc1N(CCC#N)CCN1CCOCC1. The quantitative estimate of drug-likeness (QED) is 0.583. The van der Waals surface area contributed by atoms with Crippen molar-refractivity contribution in [3.05, 3.63) is 42.1 Å². The van der Waals surface area contributed by atoms with Crippen LogP contribution in [0.15, 0.2) is 36.5 Å². The van der Waals surface area contributed by atoms with Crippen molar-refractivity contribution >= 4 is 11.8 Å². The predicted octanol–water partition coefficient (Wildman–Crippen LogP) is 2.37. The molecule has 3 rings (SSSR count). The molecule has 0 N–H and O–H groups in total. The highest BCUT2D eigenvalue weighted by molar-refractivity contribution is 5.94. The molecule has 8 nitrogen and oxygen atoms in total. The number of carbonyl (C=O) groups is 1. The number of nitrogens with zero attached hydrogens (tertiary/aromatic N) is 5. The molecule has 158 valence electrons. The van der Waals surface area contributed by atoms with Gasteiger partial charge in [-0.1, -0.05) is 30.3 Å². The fourth-order valence-electron chi connectivity index (χ4n) is 3.29. The average molecular weight is 409 g/mol. The van der Waals surface area contributed by atoms with Gasteiger partial charge in [-0.2, -0.15) is 5.26 Å². The number of carbonyl (C=O) groups excluding carboxylic acids is 1. The summed E-state index contributed by atoms with van der Waals surface area (Å²) < 4.78 is 10.6. The molecule has 1 aliphatic rings. The number of anilines is 1. The molecule has 0 spiro atoms. The molecule has 0 radical (unpaired) electrons. The molecule has 30 heavy (non-hydrogen) atoms. The van der Waals surface area contributed by atoms with Gasteiger partial charge in [0.15, 0.2) is 5.82 Å². The smallest absolute Gasteiger partial charge is 0.343 e. The van der Waals surface area contributed by atoms with Crippen LogP contribution in [0.1, 0.15) is 23.7 Å². The van der Waals surface area contributed by atoms with Crippen LogP contribution in [0.25, 0.3) is 11.4 Å². The van der Waals surface area contributed by atoms with Gasteiger partial charge in [0, 0.05) is 44.5 Å². The second-order valence-electron chi connectivity index (χ2n) is 6.87. The van der Waals surface area contributed by atoms with Gasteiger partial charge in [-0.15, -0.1) is 0 Å². The van der Waals surface area contributed by atoms with E-state index in [4.69, 9.17) is 19.7 Å². The molecular weight excluding hydrogens is 382 g/mol. The summed E-state index contributed by atoms with van der Waals surface area (Å²) in [5.74, 6) is 0.582. The molecule has 2 heterocycles. The molecule has 8 heteroatoms. The third-order valence-corrected chi connectivity index (χ3v) is 4.88. The first kappa shape index (κ1) is 21.7. The Balaban J connectivity index is 1.92. The molecule has 0 amide bonds. The van der Waals surface area contributed by atoms with E-state index < -0.39 is 5.97 Å². The summed E-state index contributed by atoms with van der Waals surface area (Å²) in [6.07, 6.45) is 1.85. The number of morpholine rings is 1. The Morgan fingerprint density at radius 1 is 1.27 bits per heavy atom. The summed E-state index contributed by atoms with van der Waals surface area (Å²) in [6.45, 7) is 7.12. The first-order valence-electron chi connectivity index (χ1n) is 10.2. The minimum atomic E-state index is -0.458. The third kappa shape index (κ3) is 5.75. The first-order chi connectivity index (χ1) is 14.7. The zero-order chi connectivity index (χ0) is 21.2. The predicted molar refractivity (Wildman–Crippen MR) is 113 cm³/mol. The number of aromatic nitrogens is 2. The van der Waals surface area contributed by atoms with E-state index in [2.05, 4.69) is 16.0 Å². The second kappa shape index (κ2) is 11.2. The molecule has 1 aliphatic heterocycles. The lowest BCUT2D eigenvalue weighted by atomic mass is 10.2. The number of esters is 1. The maximum Gasteiger partial charge on any atom is 0.343 e. The third-order valence-electron chi connectivity index (χ3n) is 4.88. The van der Waals surface area contributed by atoms with Crippen molar-refractivity contribution in [2.24, 2.45) is 0 Å². The Morgan fingerprint density at radius 3 is 2.73 bits per heavy atom. The molecule has 1 fully saturated rings. The topological polar surface area (TPSA) is 91.6 Å². The highest BCUT2D eigenvalue weighted by Gasteiger charge is 2.22. The van der Waals surface area contributed by atoms with E-state index in [0.29, 0.717) is 36.7 Å². The summed E-state index contributed by atoms with van der Waals surface area (Å²) in [5.41, 5.74) is 1.18. The van der Waals surface area contributed by atoms with Crippen LogP contribution in [-0.4, -0.2) is 73.4 Å². The van der Waals surface area contributed by atoms with Crippen LogP contribution in [0.3, 0.4) is 0 Å². The molecule has 0 saturated carbocycles. The molecule has 1 saturated heterocycles. The van der Waals surface area contributed by atoms with Gasteiger partial charge in [0.2, 0.25) is 0 Å². The summed E-state index contributed by atoms with van der Waals surface area (Å²) in [7, 11) is 0. The number of hydrogen-bond acceptors (Lipinski definition) is 8. The standard InChI is InChI=1S/C22H27N5O3/c1-2-30-22(28)19-17-24-20(18-7-4-3-5-8-18)25-21(19)27(10-6-9-23)12-11-26-13-15-29-16-14-26/h3-5,7-8,17H,2,6,10-16H2,1H3. The molecule has 0 aliphatic carbocycles. The van der Waals surface area contributed by atoms with E-state index in [1.165, 1.54) is 6.20 Å². The van der Waals surface area contributed by atoms with Gasteiger partial charge in [-0.05, 0) is 6.92 Å². The van der Waals surface area contributed by atoms with E-state index in [-0.39, 0.29) is 6.61 Å². The highest BCUT2D eigenvalue weighted by Crippen LogP contribution is 2.23. The van der Waals surface area contributed by atoms with Crippen molar-refractivity contribution < 1.29 is 14.3 Å². The van der Waals surface area contributed by atoms with Gasteiger partial charge in [0.1, 0.15) is 11.4 Å². The Bertz CT molecular complexity index is 863. The van der Waals surface area contributed by atoms with Gasteiger partial charge >= 0.3 is 5.97 Å². The Morgan fingerprint density at radius 2 is 2.03 bits per heavy atom. The fourth-order valence-corrected chi connectivity index (χ4v) is 3.29. The van der Waals surface area contributed by atoms with Crippen molar-refractivity contribution in [2.45, 2.75) is 13.3 Å². The van der Waals surface area contributed by atoms with Crippen LogP contribution < -0.4 is 4.90 Å². The molecule has 0 atom stereocenters. The van der Waals surface area contributed by atoms with Crippen LogP contribution in [0, 0.1) is 11.3 Å². The van der Waals surface area contributed by atoms with Crippen LogP contribution in [0.5, 0.6) is 0 Å². The first-order valence-corrected chi connectivity index (χ1v) is 10.2. The Labute approximate surface area is 177 Å². The molecule has 1 aromatic carbocycles. The van der Waals surface area contributed by atoms with E-state index >= 15 is 0 Å².